The van der Waals surface area contributed by atoms with Crippen molar-refractivity contribution < 1.29 is 4.74 Å². The predicted molar refractivity (Wildman–Crippen MR) is 131 cm³/mol. The Labute approximate surface area is 189 Å². The van der Waals surface area contributed by atoms with Crippen LogP contribution in [0.1, 0.15) is 77.8 Å². The van der Waals surface area contributed by atoms with Crippen LogP contribution in [0.5, 0.6) is 5.75 Å². The lowest BCUT2D eigenvalue weighted by Crippen LogP contribution is -2.43. The zero-order valence-electron chi connectivity index (χ0n) is 20.1. The Morgan fingerprint density at radius 2 is 1.68 bits per heavy atom. The lowest BCUT2D eigenvalue weighted by Gasteiger charge is -2.42. The van der Waals surface area contributed by atoms with Gasteiger partial charge in [-0.15, -0.1) is 0 Å². The van der Waals surface area contributed by atoms with Gasteiger partial charge in [0.2, 0.25) is 0 Å². The van der Waals surface area contributed by atoms with Gasteiger partial charge in [-0.05, 0) is 101 Å². The second-order valence-corrected chi connectivity index (χ2v) is 10.5. The van der Waals surface area contributed by atoms with Gasteiger partial charge in [0.05, 0.1) is 6.10 Å². The molecule has 0 spiro atoms. The molecule has 0 radical (unpaired) electrons. The molecule has 1 aliphatic heterocycles. The van der Waals surface area contributed by atoms with Crippen LogP contribution in [0.25, 0.3) is 10.9 Å². The van der Waals surface area contributed by atoms with Gasteiger partial charge >= 0.3 is 0 Å². The molecule has 4 nitrogen and oxygen atoms in total. The number of ether oxygens (including phenoxy) is 1. The number of piperidine rings is 1. The van der Waals surface area contributed by atoms with Gasteiger partial charge in [0.15, 0.2) is 0 Å². The molecule has 0 unspecified atom stereocenters. The molecule has 0 amide bonds. The maximum atomic E-state index is 5.97. The molecule has 0 atom stereocenters. The van der Waals surface area contributed by atoms with Crippen LogP contribution in [0, 0.1) is 11.8 Å². The second kappa shape index (κ2) is 9.95. The molecule has 31 heavy (non-hydrogen) atoms. The first-order valence-electron chi connectivity index (χ1n) is 12.7. The molecule has 2 fully saturated rings. The average Bonchev–Trinajstić information content (AvgIpc) is 3.11. The molecule has 2 aromatic rings. The highest BCUT2D eigenvalue weighted by molar-refractivity contribution is 5.85. The zero-order valence-corrected chi connectivity index (χ0v) is 20.1. The minimum atomic E-state index is 0.192. The van der Waals surface area contributed by atoms with E-state index in [1.54, 1.807) is 0 Å². The summed E-state index contributed by atoms with van der Waals surface area (Å²) in [6, 6.07) is 8.02. The lowest BCUT2D eigenvalue weighted by atomic mass is 9.79. The number of likely N-dealkylation sites (tertiary alicyclic amines) is 1. The minimum absolute atomic E-state index is 0.192. The number of hydrogen-bond acceptors (Lipinski definition) is 3. The molecule has 1 saturated carbocycles. The quantitative estimate of drug-likeness (QED) is 0.611. The molecule has 4 heteroatoms. The molecular weight excluding hydrogens is 382 g/mol. The molecular formula is C27H43N3O. The smallest absolute Gasteiger partial charge is 0.120 e. The van der Waals surface area contributed by atoms with Gasteiger partial charge in [0.25, 0.3) is 0 Å². The van der Waals surface area contributed by atoms with Gasteiger partial charge in [-0.1, -0.05) is 13.8 Å². The van der Waals surface area contributed by atoms with E-state index in [0.29, 0.717) is 12.6 Å². The zero-order chi connectivity index (χ0) is 22.0. The molecule has 1 aliphatic carbocycles. The average molecular weight is 426 g/mol. The first kappa shape index (κ1) is 22.7. The Morgan fingerprint density at radius 3 is 2.29 bits per heavy atom. The summed E-state index contributed by atoms with van der Waals surface area (Å²) in [7, 11) is 0. The van der Waals surface area contributed by atoms with Crippen LogP contribution in [-0.4, -0.2) is 41.2 Å². The number of hydrogen-bond donors (Lipinski definition) is 1. The predicted octanol–water partition coefficient (Wildman–Crippen LogP) is 5.78. The fourth-order valence-electron chi connectivity index (χ4n) is 5.97. The number of benzene rings is 1. The van der Waals surface area contributed by atoms with Crippen molar-refractivity contribution in [2.45, 2.75) is 90.8 Å². The van der Waals surface area contributed by atoms with Gasteiger partial charge in [-0.25, -0.2) is 0 Å². The van der Waals surface area contributed by atoms with Crippen LogP contribution in [-0.2, 0) is 6.42 Å². The summed E-state index contributed by atoms with van der Waals surface area (Å²) < 4.78 is 8.51. The molecule has 2 N–H and O–H groups in total. The van der Waals surface area contributed by atoms with E-state index in [2.05, 4.69) is 61.6 Å². The van der Waals surface area contributed by atoms with Crippen LogP contribution in [0.4, 0.5) is 0 Å². The highest BCUT2D eigenvalue weighted by atomic mass is 16.5. The Balaban J connectivity index is 1.45. The molecule has 4 rings (SSSR count). The van der Waals surface area contributed by atoms with Crippen LogP contribution in [0.15, 0.2) is 24.4 Å². The normalized spacial score (nSPS) is 23.8. The Kier molecular flexibility index (Phi) is 7.28. The summed E-state index contributed by atoms with van der Waals surface area (Å²) >= 11 is 0. The van der Waals surface area contributed by atoms with Crippen molar-refractivity contribution in [1.82, 2.24) is 9.47 Å². The second-order valence-electron chi connectivity index (χ2n) is 10.5. The van der Waals surface area contributed by atoms with Crippen molar-refractivity contribution in [2.24, 2.45) is 17.6 Å². The third kappa shape index (κ3) is 5.12. The molecule has 2 aliphatic rings. The van der Waals surface area contributed by atoms with Crippen molar-refractivity contribution >= 4 is 10.9 Å². The first-order chi connectivity index (χ1) is 15.0. The third-order valence-corrected chi connectivity index (χ3v) is 7.77. The van der Waals surface area contributed by atoms with E-state index in [4.69, 9.17) is 10.5 Å². The van der Waals surface area contributed by atoms with E-state index < -0.39 is 0 Å². The van der Waals surface area contributed by atoms with E-state index in [9.17, 15) is 0 Å². The fraction of sp³-hybridized carbons (Fsp3) is 0.704. The molecule has 1 saturated heterocycles. The summed E-state index contributed by atoms with van der Waals surface area (Å²) in [6.07, 6.45) is 11.6. The highest BCUT2D eigenvalue weighted by Gasteiger charge is 2.30. The number of aromatic nitrogens is 1. The van der Waals surface area contributed by atoms with Crippen molar-refractivity contribution in [3.8, 4) is 5.75 Å². The van der Waals surface area contributed by atoms with E-state index in [1.807, 2.05) is 0 Å². The van der Waals surface area contributed by atoms with Crippen LogP contribution in [0.2, 0.25) is 0 Å². The SMILES string of the molecule is CC(C)Oc1ccc2c(c1)c(CCN)cn2C1CCN(C2CCC(C(C)C)CC2)CC1. The molecule has 1 aromatic carbocycles. The Hall–Kier alpha value is -1.52. The van der Waals surface area contributed by atoms with E-state index in [0.717, 1.165) is 30.0 Å². The monoisotopic (exact) mass is 425 g/mol. The summed E-state index contributed by atoms with van der Waals surface area (Å²) in [5.74, 6) is 2.76. The van der Waals surface area contributed by atoms with Gasteiger partial charge in [-0.3, -0.25) is 0 Å². The number of nitrogens with two attached hydrogens (primary N) is 1. The Morgan fingerprint density at radius 1 is 0.968 bits per heavy atom. The first-order valence-corrected chi connectivity index (χ1v) is 12.7. The largest absolute Gasteiger partial charge is 0.491 e. The summed E-state index contributed by atoms with van der Waals surface area (Å²) in [4.78, 5) is 2.80. The van der Waals surface area contributed by atoms with E-state index in [1.165, 1.54) is 68.1 Å². The standard InChI is InChI=1S/C27H43N3O/c1-19(2)21-5-7-23(8-6-21)29-15-12-24(13-16-29)30-18-22(11-14-28)26-17-25(31-20(3)4)9-10-27(26)30/h9-10,17-21,23-24H,5-8,11-16,28H2,1-4H3. The fourth-order valence-corrected chi connectivity index (χ4v) is 5.97. The maximum Gasteiger partial charge on any atom is 0.120 e. The lowest BCUT2D eigenvalue weighted by molar-refractivity contribution is 0.0894. The molecule has 1 aromatic heterocycles. The number of rotatable bonds is 7. The highest BCUT2D eigenvalue weighted by Crippen LogP contribution is 2.36. The third-order valence-electron chi connectivity index (χ3n) is 7.77. The summed E-state index contributed by atoms with van der Waals surface area (Å²) in [5, 5.41) is 1.32. The van der Waals surface area contributed by atoms with Crippen LogP contribution >= 0.6 is 0 Å². The topological polar surface area (TPSA) is 43.4 Å². The Bertz CT molecular complexity index is 840. The van der Waals surface area contributed by atoms with Crippen LogP contribution < -0.4 is 10.5 Å². The molecule has 0 bridgehead atoms. The van der Waals surface area contributed by atoms with E-state index >= 15 is 0 Å². The van der Waals surface area contributed by atoms with Crippen molar-refractivity contribution in [2.75, 3.05) is 19.6 Å². The van der Waals surface area contributed by atoms with E-state index in [-0.39, 0.29) is 6.10 Å². The van der Waals surface area contributed by atoms with Crippen molar-refractivity contribution in [3.63, 3.8) is 0 Å². The molecule has 2 heterocycles. The minimum Gasteiger partial charge on any atom is -0.491 e. The van der Waals surface area contributed by atoms with Gasteiger partial charge in [0, 0.05) is 42.3 Å². The van der Waals surface area contributed by atoms with Crippen molar-refractivity contribution in [1.29, 1.82) is 0 Å². The number of fused-ring (bicyclic) bond motifs is 1. The van der Waals surface area contributed by atoms with Gasteiger partial charge < -0.3 is 19.9 Å². The molecule has 172 valence electrons. The van der Waals surface area contributed by atoms with Crippen molar-refractivity contribution in [3.05, 3.63) is 30.0 Å². The maximum absolute atomic E-state index is 5.97. The van der Waals surface area contributed by atoms with Crippen LogP contribution in [0.3, 0.4) is 0 Å². The van der Waals surface area contributed by atoms with Gasteiger partial charge in [0.1, 0.15) is 5.75 Å². The number of nitrogens with zero attached hydrogens (tertiary/aromatic N) is 2. The van der Waals surface area contributed by atoms with Gasteiger partial charge in [-0.2, -0.15) is 0 Å². The summed E-state index contributed by atoms with van der Waals surface area (Å²) in [6.45, 7) is 12.1. The summed E-state index contributed by atoms with van der Waals surface area (Å²) in [5.41, 5.74) is 8.65.